The number of carbonyl (C=O) groups excluding carboxylic acids is 1. The van der Waals surface area contributed by atoms with Crippen LogP contribution in [0.25, 0.3) is 10.9 Å². The maximum absolute atomic E-state index is 12.8. The van der Waals surface area contributed by atoms with Crippen molar-refractivity contribution in [2.75, 3.05) is 20.8 Å². The zero-order chi connectivity index (χ0) is 21.0. The average molecular weight is 406 g/mol. The van der Waals surface area contributed by atoms with Gasteiger partial charge in [-0.3, -0.25) is 4.79 Å². The van der Waals surface area contributed by atoms with Crippen LogP contribution in [-0.4, -0.2) is 47.6 Å². The number of rotatable bonds is 4. The van der Waals surface area contributed by atoms with Gasteiger partial charge in [0.15, 0.2) is 17.0 Å². The maximum atomic E-state index is 12.8. The molecule has 2 aromatic carbocycles. The van der Waals surface area contributed by atoms with Gasteiger partial charge < -0.3 is 24.5 Å². The molecular weight excluding hydrogens is 384 g/mol. The van der Waals surface area contributed by atoms with Gasteiger partial charge in [0.2, 0.25) is 5.91 Å². The van der Waals surface area contributed by atoms with Crippen molar-refractivity contribution < 1.29 is 24.2 Å². The number of fused-ring (bicyclic) bond motifs is 5. The number of carbonyl (C=O) groups is 2. The van der Waals surface area contributed by atoms with Gasteiger partial charge in [0, 0.05) is 35.3 Å². The fraction of sp³-hybridized carbons (Fsp3) is 0.304. The molecule has 7 heteroatoms. The number of methoxy groups -OCH3 is 2. The Bertz CT molecular complexity index is 1180. The van der Waals surface area contributed by atoms with Gasteiger partial charge in [0.05, 0.1) is 19.9 Å². The molecule has 5 rings (SSSR count). The molecule has 0 bridgehead atoms. The largest absolute Gasteiger partial charge is 0.493 e. The fourth-order valence-corrected chi connectivity index (χ4v) is 5.18. The quantitative estimate of drug-likeness (QED) is 0.694. The summed E-state index contributed by atoms with van der Waals surface area (Å²) in [6.07, 6.45) is 0.464. The van der Waals surface area contributed by atoms with E-state index < -0.39 is 11.5 Å². The Kier molecular flexibility index (Phi) is 4.03. The van der Waals surface area contributed by atoms with Gasteiger partial charge >= 0.3 is 5.97 Å². The normalized spacial score (nSPS) is 22.7. The van der Waals surface area contributed by atoms with E-state index in [0.717, 1.165) is 22.0 Å². The van der Waals surface area contributed by atoms with E-state index in [1.807, 2.05) is 42.5 Å². The van der Waals surface area contributed by atoms with E-state index in [-0.39, 0.29) is 31.2 Å². The van der Waals surface area contributed by atoms with Crippen LogP contribution in [0.2, 0.25) is 0 Å². The lowest BCUT2D eigenvalue weighted by Crippen LogP contribution is -2.54. The van der Waals surface area contributed by atoms with Crippen molar-refractivity contribution in [1.29, 1.82) is 0 Å². The van der Waals surface area contributed by atoms with E-state index in [1.165, 1.54) is 4.90 Å². The van der Waals surface area contributed by atoms with Crippen LogP contribution in [0.15, 0.2) is 42.5 Å². The smallest absolute Gasteiger partial charge is 0.335 e. The van der Waals surface area contributed by atoms with E-state index in [9.17, 15) is 14.7 Å². The van der Waals surface area contributed by atoms with E-state index in [1.54, 1.807) is 14.2 Å². The summed E-state index contributed by atoms with van der Waals surface area (Å²) in [5.41, 5.74) is 1.85. The first-order chi connectivity index (χ1) is 14.5. The summed E-state index contributed by atoms with van der Waals surface area (Å²) in [6, 6.07) is 13.4. The number of carboxylic acid groups (broad SMARTS) is 1. The van der Waals surface area contributed by atoms with E-state index in [2.05, 4.69) is 4.98 Å². The molecule has 2 aliphatic rings. The number of ether oxygens (including phenoxy) is 2. The number of nitrogens with zero attached hydrogens (tertiary/aromatic N) is 1. The highest BCUT2D eigenvalue weighted by molar-refractivity contribution is 5.96. The second-order valence-electron chi connectivity index (χ2n) is 7.76. The molecule has 1 saturated heterocycles. The number of nitrogens with one attached hydrogen (secondary N) is 1. The lowest BCUT2D eigenvalue weighted by molar-refractivity contribution is -0.156. The molecule has 0 saturated carbocycles. The van der Waals surface area contributed by atoms with Gasteiger partial charge in [-0.1, -0.05) is 30.3 Å². The van der Waals surface area contributed by atoms with Crippen LogP contribution in [0.3, 0.4) is 0 Å². The van der Waals surface area contributed by atoms with Crippen molar-refractivity contribution in [3.05, 3.63) is 59.3 Å². The van der Waals surface area contributed by atoms with Crippen LogP contribution in [0.5, 0.6) is 11.5 Å². The summed E-state index contributed by atoms with van der Waals surface area (Å²) in [4.78, 5) is 30.2. The van der Waals surface area contributed by atoms with Gasteiger partial charge in [-0.2, -0.15) is 0 Å². The number of para-hydroxylation sites is 2. The van der Waals surface area contributed by atoms with Crippen molar-refractivity contribution in [3.63, 3.8) is 0 Å². The van der Waals surface area contributed by atoms with Crippen molar-refractivity contribution in [2.24, 2.45) is 0 Å². The minimum Gasteiger partial charge on any atom is -0.493 e. The average Bonchev–Trinajstić information content (AvgIpc) is 3.31. The lowest BCUT2D eigenvalue weighted by atomic mass is 9.77. The molecule has 3 heterocycles. The number of H-pyrrole nitrogens is 1. The maximum Gasteiger partial charge on any atom is 0.335 e. The predicted molar refractivity (Wildman–Crippen MR) is 110 cm³/mol. The Morgan fingerprint density at radius 3 is 2.70 bits per heavy atom. The predicted octanol–water partition coefficient (Wildman–Crippen LogP) is 3.23. The standard InChI is InChI=1S/C23H22N2O5/c1-29-17-9-5-7-13(20(17)30-2)15-12-25-18(26)10-11-23(25,22(27)28)21-19(15)14-6-3-4-8-16(14)24-21/h3-9,15,24H,10-12H2,1-2H3,(H,27,28)/t15-,23-/m0/s1. The van der Waals surface area contributed by atoms with Gasteiger partial charge in [0.1, 0.15) is 0 Å². The summed E-state index contributed by atoms with van der Waals surface area (Å²) in [6.45, 7) is 0.267. The van der Waals surface area contributed by atoms with Gasteiger partial charge in [0.25, 0.3) is 0 Å². The first kappa shape index (κ1) is 18.5. The third kappa shape index (κ3) is 2.26. The number of aliphatic carboxylic acids is 1. The van der Waals surface area contributed by atoms with Gasteiger partial charge in [-0.25, -0.2) is 4.79 Å². The van der Waals surface area contributed by atoms with Gasteiger partial charge in [-0.05, 0) is 24.1 Å². The molecule has 0 aliphatic carbocycles. The highest BCUT2D eigenvalue weighted by Gasteiger charge is 2.58. The minimum atomic E-state index is -1.37. The highest BCUT2D eigenvalue weighted by Crippen LogP contribution is 2.52. The molecule has 154 valence electrons. The summed E-state index contributed by atoms with van der Waals surface area (Å²) in [5.74, 6) is -0.212. The molecule has 0 radical (unpaired) electrons. The Labute approximate surface area is 173 Å². The van der Waals surface area contributed by atoms with Crippen molar-refractivity contribution >= 4 is 22.8 Å². The van der Waals surface area contributed by atoms with Crippen LogP contribution in [-0.2, 0) is 15.1 Å². The van der Waals surface area contributed by atoms with E-state index >= 15 is 0 Å². The molecule has 30 heavy (non-hydrogen) atoms. The third-order valence-electron chi connectivity index (χ3n) is 6.50. The molecular formula is C23H22N2O5. The Hall–Kier alpha value is -3.48. The van der Waals surface area contributed by atoms with Crippen LogP contribution in [0, 0.1) is 0 Å². The van der Waals surface area contributed by atoms with E-state index in [4.69, 9.17) is 9.47 Å². The zero-order valence-corrected chi connectivity index (χ0v) is 16.8. The molecule has 0 unspecified atom stereocenters. The first-order valence-electron chi connectivity index (χ1n) is 9.88. The first-order valence-corrected chi connectivity index (χ1v) is 9.88. The number of benzene rings is 2. The number of hydrogen-bond donors (Lipinski definition) is 2. The zero-order valence-electron chi connectivity index (χ0n) is 16.8. The molecule has 2 N–H and O–H groups in total. The van der Waals surface area contributed by atoms with Gasteiger partial charge in [-0.15, -0.1) is 0 Å². The number of amides is 1. The second-order valence-corrected chi connectivity index (χ2v) is 7.76. The summed E-state index contributed by atoms with van der Waals surface area (Å²) < 4.78 is 11.2. The monoisotopic (exact) mass is 406 g/mol. The molecule has 7 nitrogen and oxygen atoms in total. The Morgan fingerprint density at radius 2 is 1.97 bits per heavy atom. The summed E-state index contributed by atoms with van der Waals surface area (Å²) in [5, 5.41) is 11.2. The molecule has 1 fully saturated rings. The van der Waals surface area contributed by atoms with Crippen LogP contribution >= 0.6 is 0 Å². The molecule has 0 spiro atoms. The van der Waals surface area contributed by atoms with Crippen molar-refractivity contribution in [3.8, 4) is 11.5 Å². The minimum absolute atomic E-state index is 0.145. The number of carboxylic acids is 1. The lowest BCUT2D eigenvalue weighted by Gasteiger charge is -2.42. The third-order valence-corrected chi connectivity index (χ3v) is 6.50. The topological polar surface area (TPSA) is 91.9 Å². The number of aromatic nitrogens is 1. The Balaban J connectivity index is 1.84. The Morgan fingerprint density at radius 1 is 1.17 bits per heavy atom. The van der Waals surface area contributed by atoms with Crippen molar-refractivity contribution in [2.45, 2.75) is 24.3 Å². The molecule has 3 aromatic rings. The van der Waals surface area contributed by atoms with Crippen LogP contribution in [0.4, 0.5) is 0 Å². The second kappa shape index (κ2) is 6.52. The van der Waals surface area contributed by atoms with Crippen molar-refractivity contribution in [1.82, 2.24) is 9.88 Å². The number of hydrogen-bond acceptors (Lipinski definition) is 4. The summed E-state index contributed by atoms with van der Waals surface area (Å²) in [7, 11) is 3.17. The van der Waals surface area contributed by atoms with E-state index in [0.29, 0.717) is 17.2 Å². The van der Waals surface area contributed by atoms with Crippen LogP contribution in [0.1, 0.15) is 35.6 Å². The molecule has 2 aliphatic heterocycles. The SMILES string of the molecule is COc1cccc([C@@H]2CN3C(=O)CC[C@@]3(C(=O)O)c3[nH]c4ccccc4c32)c1OC. The molecule has 2 atom stereocenters. The van der Waals surface area contributed by atoms with Crippen LogP contribution < -0.4 is 9.47 Å². The number of aromatic amines is 1. The fourth-order valence-electron chi connectivity index (χ4n) is 5.18. The highest BCUT2D eigenvalue weighted by atomic mass is 16.5. The molecule has 1 amide bonds. The summed E-state index contributed by atoms with van der Waals surface area (Å²) >= 11 is 0. The molecule has 1 aromatic heterocycles.